The monoisotopic (exact) mass is 283 g/mol. The minimum Gasteiger partial charge on any atom is -0.508 e. The molecule has 3 nitrogen and oxygen atoms in total. The Morgan fingerprint density at radius 3 is 2.33 bits per heavy atom. The number of carbonyl (C=O) groups excluding carboxylic acids is 1. The van der Waals surface area contributed by atoms with Gasteiger partial charge in [0, 0.05) is 25.1 Å². The number of carbonyl (C=O) groups is 1. The summed E-state index contributed by atoms with van der Waals surface area (Å²) in [7, 11) is 0. The zero-order valence-electron chi connectivity index (χ0n) is 12.3. The van der Waals surface area contributed by atoms with Gasteiger partial charge in [0.1, 0.15) is 5.75 Å². The van der Waals surface area contributed by atoms with E-state index in [2.05, 4.69) is 24.0 Å². The summed E-state index contributed by atoms with van der Waals surface area (Å²) in [6.45, 7) is 4.62. The number of ketones is 1. The van der Waals surface area contributed by atoms with Crippen LogP contribution in [0, 0.1) is 0 Å². The number of hydrogen-bond acceptors (Lipinski definition) is 3. The van der Waals surface area contributed by atoms with Crippen LogP contribution in [0.1, 0.15) is 29.3 Å². The molecule has 0 heterocycles. The third kappa shape index (κ3) is 4.72. The van der Waals surface area contributed by atoms with Crippen LogP contribution in [-0.4, -0.2) is 28.9 Å². The highest BCUT2D eigenvalue weighted by atomic mass is 16.3. The maximum absolute atomic E-state index is 12.1. The summed E-state index contributed by atoms with van der Waals surface area (Å²) in [5, 5.41) is 9.24. The molecule has 0 unspecified atom stereocenters. The number of phenols is 1. The van der Waals surface area contributed by atoms with Gasteiger partial charge in [-0.15, -0.1) is 0 Å². The van der Waals surface area contributed by atoms with Crippen molar-refractivity contribution in [2.24, 2.45) is 0 Å². The number of Topliss-reactive ketones (excluding diaryl/α,β-unsaturated/α-hetero) is 1. The second-order valence-electron chi connectivity index (χ2n) is 5.07. The largest absolute Gasteiger partial charge is 0.508 e. The van der Waals surface area contributed by atoms with Crippen LogP contribution < -0.4 is 0 Å². The lowest BCUT2D eigenvalue weighted by molar-refractivity contribution is 0.0963. The zero-order chi connectivity index (χ0) is 15.1. The maximum Gasteiger partial charge on any atom is 0.164 e. The first-order chi connectivity index (χ1) is 10.2. The first-order valence-electron chi connectivity index (χ1n) is 7.27. The van der Waals surface area contributed by atoms with Crippen LogP contribution in [0.5, 0.6) is 5.75 Å². The Balaban J connectivity index is 1.88. The Labute approximate surface area is 125 Å². The van der Waals surface area contributed by atoms with E-state index < -0.39 is 0 Å². The first-order valence-corrected chi connectivity index (χ1v) is 7.27. The van der Waals surface area contributed by atoms with E-state index in [0.717, 1.165) is 19.6 Å². The molecule has 0 saturated carbocycles. The average Bonchev–Trinajstić information content (AvgIpc) is 2.52. The molecule has 0 aliphatic heterocycles. The fourth-order valence-corrected chi connectivity index (χ4v) is 2.24. The molecule has 0 bridgehead atoms. The topological polar surface area (TPSA) is 40.5 Å². The molecule has 0 aliphatic rings. The van der Waals surface area contributed by atoms with Gasteiger partial charge < -0.3 is 5.11 Å². The smallest absolute Gasteiger partial charge is 0.164 e. The van der Waals surface area contributed by atoms with Gasteiger partial charge >= 0.3 is 0 Å². The van der Waals surface area contributed by atoms with Gasteiger partial charge in [0.05, 0.1) is 0 Å². The van der Waals surface area contributed by atoms with E-state index in [-0.39, 0.29) is 11.5 Å². The third-order valence-electron chi connectivity index (χ3n) is 3.54. The highest BCUT2D eigenvalue weighted by Gasteiger charge is 2.09. The van der Waals surface area contributed by atoms with Gasteiger partial charge in [0.2, 0.25) is 0 Å². The van der Waals surface area contributed by atoms with E-state index in [1.807, 2.05) is 18.2 Å². The van der Waals surface area contributed by atoms with Gasteiger partial charge in [-0.3, -0.25) is 9.69 Å². The van der Waals surface area contributed by atoms with Gasteiger partial charge in [0.25, 0.3) is 0 Å². The van der Waals surface area contributed by atoms with Crippen LogP contribution in [0.4, 0.5) is 0 Å². The Morgan fingerprint density at radius 2 is 1.71 bits per heavy atom. The standard InChI is InChI=1S/C18H21NO2/c1-2-19(14-15-6-4-3-5-7-15)13-12-18(21)16-8-10-17(20)11-9-16/h3-11,20H,2,12-14H2,1H3. The summed E-state index contributed by atoms with van der Waals surface area (Å²) in [5.41, 5.74) is 1.92. The third-order valence-corrected chi connectivity index (χ3v) is 3.54. The summed E-state index contributed by atoms with van der Waals surface area (Å²) < 4.78 is 0. The van der Waals surface area contributed by atoms with Crippen molar-refractivity contribution in [3.05, 3.63) is 65.7 Å². The number of nitrogens with zero attached hydrogens (tertiary/aromatic N) is 1. The minimum absolute atomic E-state index is 0.113. The van der Waals surface area contributed by atoms with Crippen molar-refractivity contribution in [2.45, 2.75) is 19.9 Å². The molecule has 1 N–H and O–H groups in total. The molecule has 0 fully saturated rings. The van der Waals surface area contributed by atoms with Crippen molar-refractivity contribution >= 4 is 5.78 Å². The molecule has 0 aromatic heterocycles. The maximum atomic E-state index is 12.1. The molecule has 2 aromatic carbocycles. The van der Waals surface area contributed by atoms with Crippen molar-refractivity contribution in [1.82, 2.24) is 4.90 Å². The summed E-state index contributed by atoms with van der Waals surface area (Å²) in [5.74, 6) is 0.298. The Hall–Kier alpha value is -2.13. The molecular formula is C18H21NO2. The van der Waals surface area contributed by atoms with E-state index >= 15 is 0 Å². The number of rotatable bonds is 7. The summed E-state index contributed by atoms with van der Waals surface area (Å²) in [6, 6.07) is 16.7. The molecular weight excluding hydrogens is 262 g/mol. The minimum atomic E-state index is 0.113. The number of benzene rings is 2. The van der Waals surface area contributed by atoms with E-state index in [0.29, 0.717) is 12.0 Å². The SMILES string of the molecule is CCN(CCC(=O)c1ccc(O)cc1)Cc1ccccc1. The Kier molecular flexibility index (Phi) is 5.52. The van der Waals surface area contributed by atoms with E-state index in [1.54, 1.807) is 24.3 Å². The van der Waals surface area contributed by atoms with Crippen molar-refractivity contribution in [3.8, 4) is 5.75 Å². The van der Waals surface area contributed by atoms with Gasteiger partial charge in [-0.2, -0.15) is 0 Å². The summed E-state index contributed by atoms with van der Waals surface area (Å²) >= 11 is 0. The molecule has 2 rings (SSSR count). The van der Waals surface area contributed by atoms with Crippen molar-refractivity contribution in [1.29, 1.82) is 0 Å². The fourth-order valence-electron chi connectivity index (χ4n) is 2.24. The molecule has 110 valence electrons. The van der Waals surface area contributed by atoms with Crippen LogP contribution in [0.25, 0.3) is 0 Å². The quantitative estimate of drug-likeness (QED) is 0.791. The molecule has 0 spiro atoms. The predicted molar refractivity (Wildman–Crippen MR) is 84.4 cm³/mol. The molecule has 2 aromatic rings. The lowest BCUT2D eigenvalue weighted by atomic mass is 10.1. The number of hydrogen-bond donors (Lipinski definition) is 1. The van der Waals surface area contributed by atoms with Crippen LogP contribution in [0.15, 0.2) is 54.6 Å². The van der Waals surface area contributed by atoms with Crippen LogP contribution in [0.3, 0.4) is 0 Å². The molecule has 0 saturated heterocycles. The van der Waals surface area contributed by atoms with Crippen molar-refractivity contribution in [2.75, 3.05) is 13.1 Å². The lowest BCUT2D eigenvalue weighted by Gasteiger charge is -2.20. The molecule has 0 atom stereocenters. The number of phenolic OH excluding ortho intramolecular Hbond substituents is 1. The highest BCUT2D eigenvalue weighted by Crippen LogP contribution is 2.12. The molecule has 21 heavy (non-hydrogen) atoms. The van der Waals surface area contributed by atoms with Crippen molar-refractivity contribution < 1.29 is 9.90 Å². The van der Waals surface area contributed by atoms with Gasteiger partial charge in [-0.1, -0.05) is 37.3 Å². The van der Waals surface area contributed by atoms with Crippen molar-refractivity contribution in [3.63, 3.8) is 0 Å². The predicted octanol–water partition coefficient (Wildman–Crippen LogP) is 3.49. The number of aromatic hydroxyl groups is 1. The van der Waals surface area contributed by atoms with Crippen LogP contribution in [0.2, 0.25) is 0 Å². The van der Waals surface area contributed by atoms with E-state index in [4.69, 9.17) is 0 Å². The molecule has 0 radical (unpaired) electrons. The Bertz CT molecular complexity index is 564. The zero-order valence-corrected chi connectivity index (χ0v) is 12.3. The highest BCUT2D eigenvalue weighted by molar-refractivity contribution is 5.96. The molecule has 0 aliphatic carbocycles. The van der Waals surface area contributed by atoms with Gasteiger partial charge in [-0.05, 0) is 36.4 Å². The van der Waals surface area contributed by atoms with Gasteiger partial charge in [0.15, 0.2) is 5.78 Å². The first kappa shape index (κ1) is 15.3. The van der Waals surface area contributed by atoms with E-state index in [9.17, 15) is 9.90 Å². The molecule has 3 heteroatoms. The normalized spacial score (nSPS) is 10.8. The van der Waals surface area contributed by atoms with Crippen LogP contribution >= 0.6 is 0 Å². The second-order valence-corrected chi connectivity index (χ2v) is 5.07. The van der Waals surface area contributed by atoms with Gasteiger partial charge in [-0.25, -0.2) is 0 Å². The van der Waals surface area contributed by atoms with Crippen LogP contribution in [-0.2, 0) is 6.54 Å². The Morgan fingerprint density at radius 1 is 1.05 bits per heavy atom. The van der Waals surface area contributed by atoms with E-state index in [1.165, 1.54) is 5.56 Å². The molecule has 0 amide bonds. The second kappa shape index (κ2) is 7.60. The lowest BCUT2D eigenvalue weighted by Crippen LogP contribution is -2.25. The fraction of sp³-hybridized carbons (Fsp3) is 0.278. The average molecular weight is 283 g/mol. The summed E-state index contributed by atoms with van der Waals surface area (Å²) in [4.78, 5) is 14.4. The summed E-state index contributed by atoms with van der Waals surface area (Å²) in [6.07, 6.45) is 0.492.